The average Bonchev–Trinajstić information content (AvgIpc) is 2.96. The molecule has 2 aromatic carbocycles. The number of likely N-dealkylation sites (tertiary alicyclic amines) is 1. The first-order valence-corrected chi connectivity index (χ1v) is 11.4. The van der Waals surface area contributed by atoms with E-state index in [4.69, 9.17) is 9.84 Å². The number of hydrogen-bond donors (Lipinski definition) is 1. The molecule has 1 spiro atoms. The predicted molar refractivity (Wildman–Crippen MR) is 122 cm³/mol. The number of methoxy groups -OCH3 is 1. The molecule has 170 valence electrons. The number of nitrogens with zero attached hydrogens (tertiary/aromatic N) is 2. The van der Waals surface area contributed by atoms with Crippen molar-refractivity contribution < 1.29 is 19.4 Å². The van der Waals surface area contributed by atoms with Crippen molar-refractivity contribution in [2.75, 3.05) is 20.2 Å². The second kappa shape index (κ2) is 9.74. The minimum atomic E-state index is -0.929. The lowest BCUT2D eigenvalue weighted by Crippen LogP contribution is -2.58. The van der Waals surface area contributed by atoms with Gasteiger partial charge in [-0.3, -0.25) is 14.5 Å². The Morgan fingerprint density at radius 3 is 2.50 bits per heavy atom. The highest BCUT2D eigenvalue weighted by molar-refractivity contribution is 5.81. The van der Waals surface area contributed by atoms with Crippen LogP contribution in [-0.2, 0) is 29.1 Å². The average molecular weight is 437 g/mol. The smallest absolute Gasteiger partial charge is 0.303 e. The van der Waals surface area contributed by atoms with Crippen LogP contribution in [0, 0.1) is 0 Å². The molecule has 1 fully saturated rings. The number of carboxylic acid groups (broad SMARTS) is 1. The van der Waals surface area contributed by atoms with Gasteiger partial charge in [0.1, 0.15) is 5.75 Å². The SMILES string of the molecule is COc1ccc(CN2CCCCC23Cc2ccccc2CN(C(=O)CCC(=O)O)C3)cc1. The summed E-state index contributed by atoms with van der Waals surface area (Å²) in [5.41, 5.74) is 3.54. The van der Waals surface area contributed by atoms with Crippen molar-refractivity contribution in [1.29, 1.82) is 0 Å². The molecule has 1 amide bonds. The minimum absolute atomic E-state index is 0.0477. The highest BCUT2D eigenvalue weighted by Gasteiger charge is 2.43. The van der Waals surface area contributed by atoms with Gasteiger partial charge < -0.3 is 14.7 Å². The number of fused-ring (bicyclic) bond motifs is 1. The standard InChI is InChI=1S/C26H32N2O4/c1-32-23-10-8-20(9-11-23)17-28-15-5-4-14-26(28)16-21-6-2-3-7-22(21)18-27(19-26)24(29)12-13-25(30)31/h2-3,6-11H,4-5,12-19H2,1H3,(H,30,31). The normalized spacial score (nSPS) is 21.1. The Morgan fingerprint density at radius 1 is 1.03 bits per heavy atom. The van der Waals surface area contributed by atoms with Crippen LogP contribution in [0.4, 0.5) is 0 Å². The van der Waals surface area contributed by atoms with Gasteiger partial charge in [0.05, 0.1) is 13.5 Å². The molecular formula is C26H32N2O4. The molecule has 0 saturated carbocycles. The Hall–Kier alpha value is -2.86. The van der Waals surface area contributed by atoms with E-state index in [1.165, 1.54) is 16.7 Å². The molecule has 2 aromatic rings. The molecule has 0 aromatic heterocycles. The molecule has 0 bridgehead atoms. The summed E-state index contributed by atoms with van der Waals surface area (Å²) in [6, 6.07) is 16.6. The van der Waals surface area contributed by atoms with E-state index >= 15 is 0 Å². The number of amides is 1. The van der Waals surface area contributed by atoms with Crippen LogP contribution in [0.2, 0.25) is 0 Å². The van der Waals surface area contributed by atoms with Gasteiger partial charge >= 0.3 is 5.97 Å². The van der Waals surface area contributed by atoms with Crippen LogP contribution in [0.15, 0.2) is 48.5 Å². The number of ether oxygens (including phenoxy) is 1. The second-order valence-corrected chi connectivity index (χ2v) is 9.04. The van der Waals surface area contributed by atoms with Gasteiger partial charge in [0, 0.05) is 31.6 Å². The molecule has 4 rings (SSSR count). The first-order valence-electron chi connectivity index (χ1n) is 11.4. The molecule has 1 unspecified atom stereocenters. The fraction of sp³-hybridized carbons (Fsp3) is 0.462. The van der Waals surface area contributed by atoms with E-state index in [2.05, 4.69) is 35.2 Å². The molecule has 0 radical (unpaired) electrons. The van der Waals surface area contributed by atoms with E-state index in [0.29, 0.717) is 13.1 Å². The molecular weight excluding hydrogens is 404 g/mol. The van der Waals surface area contributed by atoms with Crippen molar-refractivity contribution in [3.63, 3.8) is 0 Å². The summed E-state index contributed by atoms with van der Waals surface area (Å²) in [6.45, 7) is 3.00. The van der Waals surface area contributed by atoms with Crippen LogP contribution < -0.4 is 4.74 Å². The molecule has 1 N–H and O–H groups in total. The Balaban J connectivity index is 1.64. The lowest BCUT2D eigenvalue weighted by Gasteiger charge is -2.49. The van der Waals surface area contributed by atoms with E-state index in [1.807, 2.05) is 23.1 Å². The molecule has 0 aliphatic carbocycles. The maximum atomic E-state index is 13.1. The van der Waals surface area contributed by atoms with Crippen LogP contribution in [-0.4, -0.2) is 52.5 Å². The molecule has 2 aliphatic rings. The summed E-state index contributed by atoms with van der Waals surface area (Å²) in [6.07, 6.45) is 4.14. The molecule has 6 heteroatoms. The van der Waals surface area contributed by atoms with E-state index in [-0.39, 0.29) is 24.3 Å². The van der Waals surface area contributed by atoms with Crippen molar-refractivity contribution >= 4 is 11.9 Å². The summed E-state index contributed by atoms with van der Waals surface area (Å²) in [7, 11) is 1.67. The fourth-order valence-corrected chi connectivity index (χ4v) is 5.19. The van der Waals surface area contributed by atoms with Gasteiger partial charge in [-0.25, -0.2) is 0 Å². The van der Waals surface area contributed by atoms with Gasteiger partial charge in [-0.2, -0.15) is 0 Å². The first-order chi connectivity index (χ1) is 15.5. The van der Waals surface area contributed by atoms with Gasteiger partial charge in [0.2, 0.25) is 5.91 Å². The third kappa shape index (κ3) is 4.96. The number of benzene rings is 2. The molecule has 6 nitrogen and oxygen atoms in total. The zero-order valence-corrected chi connectivity index (χ0v) is 18.8. The number of rotatable bonds is 6. The lowest BCUT2D eigenvalue weighted by atomic mass is 9.80. The highest BCUT2D eigenvalue weighted by atomic mass is 16.5. The van der Waals surface area contributed by atoms with Crippen LogP contribution in [0.1, 0.15) is 48.8 Å². The van der Waals surface area contributed by atoms with Gasteiger partial charge in [-0.15, -0.1) is 0 Å². The van der Waals surface area contributed by atoms with Crippen molar-refractivity contribution in [1.82, 2.24) is 9.80 Å². The van der Waals surface area contributed by atoms with Crippen LogP contribution in [0.5, 0.6) is 5.75 Å². The summed E-state index contributed by atoms with van der Waals surface area (Å²) in [5, 5.41) is 9.07. The van der Waals surface area contributed by atoms with E-state index < -0.39 is 5.97 Å². The van der Waals surface area contributed by atoms with Crippen molar-refractivity contribution in [3.8, 4) is 5.75 Å². The number of carbonyl (C=O) groups is 2. The Kier molecular flexibility index (Phi) is 6.80. The quantitative estimate of drug-likeness (QED) is 0.744. The summed E-state index contributed by atoms with van der Waals surface area (Å²) in [5.74, 6) is -0.152. The zero-order chi connectivity index (χ0) is 22.6. The third-order valence-corrected chi connectivity index (χ3v) is 6.91. The summed E-state index contributed by atoms with van der Waals surface area (Å²) < 4.78 is 5.31. The summed E-state index contributed by atoms with van der Waals surface area (Å²) >= 11 is 0. The fourth-order valence-electron chi connectivity index (χ4n) is 5.19. The van der Waals surface area contributed by atoms with E-state index in [9.17, 15) is 9.59 Å². The topological polar surface area (TPSA) is 70.1 Å². The first kappa shape index (κ1) is 22.3. The van der Waals surface area contributed by atoms with Crippen LogP contribution in [0.25, 0.3) is 0 Å². The van der Waals surface area contributed by atoms with Crippen molar-refractivity contribution in [3.05, 3.63) is 65.2 Å². The number of carboxylic acids is 1. The van der Waals surface area contributed by atoms with Crippen LogP contribution in [0.3, 0.4) is 0 Å². The van der Waals surface area contributed by atoms with Gasteiger partial charge in [-0.05, 0) is 54.6 Å². The molecule has 1 saturated heterocycles. The highest BCUT2D eigenvalue weighted by Crippen LogP contribution is 2.37. The summed E-state index contributed by atoms with van der Waals surface area (Å²) in [4.78, 5) is 28.6. The maximum absolute atomic E-state index is 13.1. The third-order valence-electron chi connectivity index (χ3n) is 6.91. The van der Waals surface area contributed by atoms with E-state index in [0.717, 1.165) is 44.5 Å². The number of hydrogen-bond acceptors (Lipinski definition) is 4. The Bertz CT molecular complexity index is 959. The largest absolute Gasteiger partial charge is 0.497 e. The monoisotopic (exact) mass is 436 g/mol. The number of carbonyl (C=O) groups excluding carboxylic acids is 1. The maximum Gasteiger partial charge on any atom is 0.303 e. The zero-order valence-electron chi connectivity index (χ0n) is 18.8. The number of aliphatic carboxylic acids is 1. The van der Waals surface area contributed by atoms with Crippen molar-refractivity contribution in [2.45, 2.75) is 57.2 Å². The van der Waals surface area contributed by atoms with Crippen molar-refractivity contribution in [2.24, 2.45) is 0 Å². The molecule has 32 heavy (non-hydrogen) atoms. The minimum Gasteiger partial charge on any atom is -0.497 e. The number of piperidine rings is 1. The predicted octanol–water partition coefficient (Wildman–Crippen LogP) is 3.87. The van der Waals surface area contributed by atoms with Crippen LogP contribution >= 0.6 is 0 Å². The lowest BCUT2D eigenvalue weighted by molar-refractivity contribution is -0.142. The molecule has 2 heterocycles. The van der Waals surface area contributed by atoms with Gasteiger partial charge in [0.25, 0.3) is 0 Å². The Labute approximate surface area is 189 Å². The van der Waals surface area contributed by atoms with Gasteiger partial charge in [0.15, 0.2) is 0 Å². The second-order valence-electron chi connectivity index (χ2n) is 9.04. The van der Waals surface area contributed by atoms with Gasteiger partial charge in [-0.1, -0.05) is 42.8 Å². The molecule has 1 atom stereocenters. The molecule has 2 aliphatic heterocycles. The van der Waals surface area contributed by atoms with E-state index in [1.54, 1.807) is 7.11 Å². The Morgan fingerprint density at radius 2 is 1.78 bits per heavy atom.